The summed E-state index contributed by atoms with van der Waals surface area (Å²) in [4.78, 5) is 35.9. The Bertz CT molecular complexity index is 939. The Balaban J connectivity index is 1.96. The number of hydrogen-bond donors (Lipinski definition) is 0. The molecule has 7 heteroatoms. The Hall–Kier alpha value is -3.19. The molecule has 0 spiro atoms. The van der Waals surface area contributed by atoms with Crippen LogP contribution >= 0.6 is 0 Å². The van der Waals surface area contributed by atoms with Crippen LogP contribution < -0.4 is 0 Å². The number of esters is 2. The summed E-state index contributed by atoms with van der Waals surface area (Å²) in [5.74, 6) is -1.32. The number of carbonyl (C=O) groups is 3. The lowest BCUT2D eigenvalue weighted by Crippen LogP contribution is -2.16. The van der Waals surface area contributed by atoms with Crippen LogP contribution in [0.1, 0.15) is 50.6 Å². The second-order valence-electron chi connectivity index (χ2n) is 6.94. The van der Waals surface area contributed by atoms with E-state index in [1.54, 1.807) is 43.5 Å². The fourth-order valence-electron chi connectivity index (χ4n) is 3.33. The van der Waals surface area contributed by atoms with Gasteiger partial charge in [0.2, 0.25) is 5.78 Å². The molecule has 1 aromatic heterocycles. The molecule has 1 unspecified atom stereocenters. The molecule has 0 bridgehead atoms. The van der Waals surface area contributed by atoms with Crippen LogP contribution in [0.5, 0.6) is 0 Å². The van der Waals surface area contributed by atoms with Crippen LogP contribution in [-0.4, -0.2) is 49.7 Å². The van der Waals surface area contributed by atoms with E-state index in [1.807, 2.05) is 25.3 Å². The summed E-state index contributed by atoms with van der Waals surface area (Å²) in [6.07, 6.45) is 2.79. The lowest BCUT2D eigenvalue weighted by Gasteiger charge is -2.17. The van der Waals surface area contributed by atoms with Crippen LogP contribution in [0.3, 0.4) is 0 Å². The summed E-state index contributed by atoms with van der Waals surface area (Å²) in [6, 6.07) is 8.44. The van der Waals surface area contributed by atoms with Crippen molar-refractivity contribution < 1.29 is 28.6 Å². The topological polar surface area (TPSA) is 83.8 Å². The van der Waals surface area contributed by atoms with Crippen molar-refractivity contribution in [1.82, 2.24) is 4.57 Å². The zero-order valence-electron chi connectivity index (χ0n) is 17.9. The van der Waals surface area contributed by atoms with Gasteiger partial charge in [-0.15, -0.1) is 0 Å². The lowest BCUT2D eigenvalue weighted by molar-refractivity contribution is -0.136. The van der Waals surface area contributed by atoms with E-state index in [4.69, 9.17) is 9.47 Å². The Labute approximate surface area is 176 Å². The van der Waals surface area contributed by atoms with E-state index in [-0.39, 0.29) is 18.4 Å². The van der Waals surface area contributed by atoms with E-state index < -0.39 is 11.9 Å². The molecule has 0 N–H and O–H groups in total. The molecule has 0 fully saturated rings. The Morgan fingerprint density at radius 2 is 1.77 bits per heavy atom. The van der Waals surface area contributed by atoms with E-state index in [1.165, 1.54) is 13.2 Å². The molecule has 0 radical (unpaired) electrons. The van der Waals surface area contributed by atoms with Crippen molar-refractivity contribution in [2.24, 2.45) is 0 Å². The second-order valence-corrected chi connectivity index (χ2v) is 6.94. The first-order valence-electron chi connectivity index (χ1n) is 9.52. The van der Waals surface area contributed by atoms with Crippen molar-refractivity contribution in [3.05, 3.63) is 64.5 Å². The molecular weight excluding hydrogens is 386 g/mol. The Morgan fingerprint density at radius 3 is 2.37 bits per heavy atom. The van der Waals surface area contributed by atoms with Gasteiger partial charge < -0.3 is 18.8 Å². The summed E-state index contributed by atoms with van der Waals surface area (Å²) >= 11 is 0. The van der Waals surface area contributed by atoms with Gasteiger partial charge in [-0.05, 0) is 50.6 Å². The molecule has 1 atom stereocenters. The van der Waals surface area contributed by atoms with Gasteiger partial charge in [0, 0.05) is 30.1 Å². The first-order valence-corrected chi connectivity index (χ1v) is 9.52. The number of aryl methyl sites for hydroxylation is 1. The lowest BCUT2D eigenvalue weighted by atomic mass is 10.1. The predicted molar refractivity (Wildman–Crippen MR) is 113 cm³/mol. The van der Waals surface area contributed by atoms with Crippen molar-refractivity contribution in [3.63, 3.8) is 0 Å². The van der Waals surface area contributed by atoms with Gasteiger partial charge in [0.15, 0.2) is 6.61 Å². The summed E-state index contributed by atoms with van der Waals surface area (Å²) in [5, 5.41) is 0. The van der Waals surface area contributed by atoms with Gasteiger partial charge in [0.1, 0.15) is 0 Å². The summed E-state index contributed by atoms with van der Waals surface area (Å²) in [5.41, 5.74) is 3.42. The Morgan fingerprint density at radius 1 is 1.10 bits per heavy atom. The van der Waals surface area contributed by atoms with Gasteiger partial charge in [0.25, 0.3) is 0 Å². The van der Waals surface area contributed by atoms with Gasteiger partial charge >= 0.3 is 11.9 Å². The highest BCUT2D eigenvalue weighted by Gasteiger charge is 2.19. The van der Waals surface area contributed by atoms with E-state index >= 15 is 0 Å². The van der Waals surface area contributed by atoms with Gasteiger partial charge in [-0.3, -0.25) is 4.79 Å². The number of ether oxygens (including phenoxy) is 3. The molecular formula is C23H27NO6. The number of benzene rings is 1. The van der Waals surface area contributed by atoms with Crippen molar-refractivity contribution in [2.45, 2.75) is 26.8 Å². The molecule has 0 aliphatic rings. The van der Waals surface area contributed by atoms with E-state index in [0.717, 1.165) is 11.4 Å². The van der Waals surface area contributed by atoms with Gasteiger partial charge in [-0.25, -0.2) is 9.59 Å². The zero-order valence-corrected chi connectivity index (χ0v) is 17.9. The average molecular weight is 413 g/mol. The SMILES string of the molecule is COCC(C)n1c(C)cc(C(=O)COC(=O)/C=C/c2ccc(C(=O)OC)cc2)c1C. The third kappa shape index (κ3) is 5.67. The number of aromatic nitrogens is 1. The standard InChI is InChI=1S/C23H27NO6/c1-15-12-20(17(3)24(15)16(2)13-28-4)21(25)14-30-22(26)11-8-18-6-9-19(10-7-18)23(27)29-5/h6-12,16H,13-14H2,1-5H3/b11-8+. The van der Waals surface area contributed by atoms with E-state index in [0.29, 0.717) is 23.3 Å². The molecule has 2 rings (SSSR count). The van der Waals surface area contributed by atoms with Gasteiger partial charge in [-0.1, -0.05) is 12.1 Å². The maximum absolute atomic E-state index is 12.5. The highest BCUT2D eigenvalue weighted by Crippen LogP contribution is 2.21. The number of methoxy groups -OCH3 is 2. The first-order chi connectivity index (χ1) is 14.3. The molecule has 2 aromatic rings. The molecule has 30 heavy (non-hydrogen) atoms. The number of Topliss-reactive ketones (excluding diaryl/α,β-unsaturated/α-hetero) is 1. The quantitative estimate of drug-likeness (QED) is 0.355. The largest absolute Gasteiger partial charge is 0.465 e. The van der Waals surface area contributed by atoms with Crippen molar-refractivity contribution in [2.75, 3.05) is 27.4 Å². The number of ketones is 1. The predicted octanol–water partition coefficient (Wildman–Crippen LogP) is 3.54. The molecule has 7 nitrogen and oxygen atoms in total. The minimum absolute atomic E-state index is 0.0904. The smallest absolute Gasteiger partial charge is 0.337 e. The normalized spacial score (nSPS) is 12.0. The number of carbonyl (C=O) groups excluding carboxylic acids is 3. The van der Waals surface area contributed by atoms with Crippen LogP contribution in [0.4, 0.5) is 0 Å². The second kappa shape index (κ2) is 10.5. The maximum atomic E-state index is 12.5. The first kappa shape index (κ1) is 23.1. The summed E-state index contributed by atoms with van der Waals surface area (Å²) in [6.45, 7) is 6.00. The van der Waals surface area contributed by atoms with E-state index in [2.05, 4.69) is 4.74 Å². The molecule has 0 amide bonds. The van der Waals surface area contributed by atoms with Crippen LogP contribution in [0.2, 0.25) is 0 Å². The molecule has 0 aliphatic carbocycles. The number of nitrogens with zero attached hydrogens (tertiary/aromatic N) is 1. The highest BCUT2D eigenvalue weighted by molar-refractivity contribution is 6.00. The number of rotatable bonds is 9. The van der Waals surface area contributed by atoms with E-state index in [9.17, 15) is 14.4 Å². The molecule has 0 aliphatic heterocycles. The average Bonchev–Trinajstić information content (AvgIpc) is 3.04. The third-order valence-corrected chi connectivity index (χ3v) is 4.72. The minimum Gasteiger partial charge on any atom is -0.465 e. The third-order valence-electron chi connectivity index (χ3n) is 4.72. The maximum Gasteiger partial charge on any atom is 0.337 e. The molecule has 0 saturated heterocycles. The zero-order chi connectivity index (χ0) is 22.3. The Kier molecular flexibility index (Phi) is 8.12. The van der Waals surface area contributed by atoms with Crippen LogP contribution in [0.15, 0.2) is 36.4 Å². The van der Waals surface area contributed by atoms with Crippen LogP contribution in [0, 0.1) is 13.8 Å². The molecule has 0 saturated carbocycles. The fourth-order valence-corrected chi connectivity index (χ4v) is 3.33. The van der Waals surface area contributed by atoms with Crippen molar-refractivity contribution >= 4 is 23.8 Å². The summed E-state index contributed by atoms with van der Waals surface area (Å²) in [7, 11) is 2.95. The minimum atomic E-state index is -0.623. The highest BCUT2D eigenvalue weighted by atomic mass is 16.5. The molecule has 160 valence electrons. The fraction of sp³-hybridized carbons (Fsp3) is 0.348. The van der Waals surface area contributed by atoms with Gasteiger partial charge in [0.05, 0.1) is 25.3 Å². The number of hydrogen-bond acceptors (Lipinski definition) is 6. The summed E-state index contributed by atoms with van der Waals surface area (Å²) < 4.78 is 17.0. The van der Waals surface area contributed by atoms with Crippen molar-refractivity contribution in [1.29, 1.82) is 0 Å². The van der Waals surface area contributed by atoms with Crippen LogP contribution in [0.25, 0.3) is 6.08 Å². The monoisotopic (exact) mass is 413 g/mol. The van der Waals surface area contributed by atoms with Crippen molar-refractivity contribution in [3.8, 4) is 0 Å². The van der Waals surface area contributed by atoms with Crippen LogP contribution in [-0.2, 0) is 19.0 Å². The molecule has 1 heterocycles. The molecule has 1 aromatic carbocycles. The van der Waals surface area contributed by atoms with Gasteiger partial charge in [-0.2, -0.15) is 0 Å².